The van der Waals surface area contributed by atoms with Gasteiger partial charge in [-0.2, -0.15) is 25.3 Å². The maximum Gasteiger partial charge on any atom is 0.321 e. The third kappa shape index (κ3) is 6.34. The SMILES string of the molecule is CCNC(=O)c1nc(OC[C@H]2C[C@H]2C#N)nc(N2CCC(COc3cc(-c4cnn(C)c4)cnc3N)CC2)n1. The number of rotatable bonds is 10. The predicted octanol–water partition coefficient (Wildman–Crippen LogP) is 1.83. The van der Waals surface area contributed by atoms with Crippen molar-refractivity contribution in [2.45, 2.75) is 26.2 Å². The number of carbonyl (C=O) groups excluding carboxylic acids is 1. The molecule has 2 fully saturated rings. The van der Waals surface area contributed by atoms with Crippen molar-refractivity contribution in [2.75, 3.05) is 43.5 Å². The molecule has 1 saturated heterocycles. The van der Waals surface area contributed by atoms with Crippen LogP contribution in [-0.2, 0) is 7.05 Å². The third-order valence-electron chi connectivity index (χ3n) is 6.95. The van der Waals surface area contributed by atoms with E-state index in [1.807, 2.05) is 31.1 Å². The van der Waals surface area contributed by atoms with E-state index < -0.39 is 0 Å². The Labute approximate surface area is 226 Å². The van der Waals surface area contributed by atoms with Crippen LogP contribution in [0.2, 0.25) is 0 Å². The highest BCUT2D eigenvalue weighted by atomic mass is 16.5. The summed E-state index contributed by atoms with van der Waals surface area (Å²) in [6.45, 7) is 4.52. The molecule has 1 saturated carbocycles. The van der Waals surface area contributed by atoms with E-state index in [1.165, 1.54) is 0 Å². The van der Waals surface area contributed by atoms with Crippen LogP contribution in [0.5, 0.6) is 11.8 Å². The first-order chi connectivity index (χ1) is 18.9. The van der Waals surface area contributed by atoms with Gasteiger partial charge < -0.3 is 25.4 Å². The first-order valence-corrected chi connectivity index (χ1v) is 13.1. The molecule has 0 aromatic carbocycles. The number of piperidine rings is 1. The fraction of sp³-hybridized carbons (Fsp3) is 0.500. The quantitative estimate of drug-likeness (QED) is 0.390. The minimum Gasteiger partial charge on any atom is -0.489 e. The van der Waals surface area contributed by atoms with Crippen molar-refractivity contribution in [3.63, 3.8) is 0 Å². The molecule has 1 aliphatic heterocycles. The molecule has 0 radical (unpaired) electrons. The maximum atomic E-state index is 12.5. The molecule has 3 aromatic rings. The van der Waals surface area contributed by atoms with Gasteiger partial charge >= 0.3 is 6.01 Å². The fourth-order valence-electron chi connectivity index (χ4n) is 4.47. The Morgan fingerprint density at radius 1 is 1.18 bits per heavy atom. The molecule has 2 atom stereocenters. The molecule has 3 N–H and O–H groups in total. The number of nitrogen functional groups attached to an aromatic ring is 1. The Balaban J connectivity index is 1.20. The number of nitrogens with zero attached hydrogens (tertiary/aromatic N) is 8. The smallest absolute Gasteiger partial charge is 0.321 e. The van der Waals surface area contributed by atoms with E-state index in [-0.39, 0.29) is 29.6 Å². The van der Waals surface area contributed by atoms with Crippen LogP contribution in [0.15, 0.2) is 24.7 Å². The van der Waals surface area contributed by atoms with Crippen LogP contribution in [0.25, 0.3) is 11.1 Å². The summed E-state index contributed by atoms with van der Waals surface area (Å²) in [7, 11) is 1.86. The molecule has 39 heavy (non-hydrogen) atoms. The van der Waals surface area contributed by atoms with Gasteiger partial charge in [-0.1, -0.05) is 0 Å². The van der Waals surface area contributed by atoms with Gasteiger partial charge in [-0.3, -0.25) is 9.48 Å². The summed E-state index contributed by atoms with van der Waals surface area (Å²) < 4.78 is 13.6. The van der Waals surface area contributed by atoms with Gasteiger partial charge in [0, 0.05) is 56.1 Å². The van der Waals surface area contributed by atoms with Crippen LogP contribution in [0, 0.1) is 29.1 Å². The number of amides is 1. The molecule has 4 heterocycles. The zero-order valence-corrected chi connectivity index (χ0v) is 22.1. The van der Waals surface area contributed by atoms with Crippen LogP contribution in [-0.4, -0.2) is 68.5 Å². The first kappa shape index (κ1) is 26.1. The number of aromatic nitrogens is 6. The number of nitrogens with two attached hydrogens (primary N) is 1. The number of nitriles is 1. The van der Waals surface area contributed by atoms with E-state index in [9.17, 15) is 4.79 Å². The molecule has 13 nitrogen and oxygen atoms in total. The Morgan fingerprint density at radius 2 is 2.00 bits per heavy atom. The zero-order valence-electron chi connectivity index (χ0n) is 22.1. The van der Waals surface area contributed by atoms with Gasteiger partial charge in [0.1, 0.15) is 0 Å². The average molecular weight is 533 g/mol. The lowest BCUT2D eigenvalue weighted by Gasteiger charge is -2.32. The van der Waals surface area contributed by atoms with E-state index in [0.29, 0.717) is 56.3 Å². The van der Waals surface area contributed by atoms with Crippen molar-refractivity contribution in [3.05, 3.63) is 30.5 Å². The topological polar surface area (TPSA) is 170 Å². The molecule has 204 valence electrons. The lowest BCUT2D eigenvalue weighted by Crippen LogP contribution is -2.37. The Morgan fingerprint density at radius 3 is 2.69 bits per heavy atom. The number of ether oxygens (including phenoxy) is 2. The summed E-state index contributed by atoms with van der Waals surface area (Å²) in [6.07, 6.45) is 7.90. The second kappa shape index (κ2) is 11.5. The molecule has 1 amide bonds. The molecular weight excluding hydrogens is 500 g/mol. The van der Waals surface area contributed by atoms with Crippen molar-refractivity contribution in [2.24, 2.45) is 24.8 Å². The van der Waals surface area contributed by atoms with Gasteiger partial charge in [0.25, 0.3) is 5.91 Å². The van der Waals surface area contributed by atoms with Gasteiger partial charge in [-0.25, -0.2) is 4.98 Å². The average Bonchev–Trinajstić information content (AvgIpc) is 3.59. The summed E-state index contributed by atoms with van der Waals surface area (Å²) in [5.41, 5.74) is 7.91. The summed E-state index contributed by atoms with van der Waals surface area (Å²) >= 11 is 0. The van der Waals surface area contributed by atoms with Gasteiger partial charge in [0.2, 0.25) is 11.8 Å². The van der Waals surface area contributed by atoms with Crippen molar-refractivity contribution in [1.82, 2.24) is 35.0 Å². The number of anilines is 2. The highest BCUT2D eigenvalue weighted by Crippen LogP contribution is 2.37. The van der Waals surface area contributed by atoms with E-state index >= 15 is 0 Å². The van der Waals surface area contributed by atoms with Crippen LogP contribution >= 0.6 is 0 Å². The third-order valence-corrected chi connectivity index (χ3v) is 6.95. The van der Waals surface area contributed by atoms with Gasteiger partial charge in [0.15, 0.2) is 11.6 Å². The number of carbonyl (C=O) groups is 1. The van der Waals surface area contributed by atoms with E-state index in [4.69, 9.17) is 20.5 Å². The largest absolute Gasteiger partial charge is 0.489 e. The second-order valence-electron chi connectivity index (χ2n) is 9.89. The molecule has 0 spiro atoms. The minimum absolute atomic E-state index is 0.0133. The molecular formula is C26H32N10O3. The lowest BCUT2D eigenvalue weighted by molar-refractivity contribution is 0.0943. The van der Waals surface area contributed by atoms with Gasteiger partial charge in [0.05, 0.1) is 31.4 Å². The minimum atomic E-state index is -0.379. The molecule has 0 bridgehead atoms. The second-order valence-corrected chi connectivity index (χ2v) is 9.89. The van der Waals surface area contributed by atoms with Crippen molar-refractivity contribution in [1.29, 1.82) is 5.26 Å². The normalized spacial score (nSPS) is 18.8. The van der Waals surface area contributed by atoms with E-state index in [2.05, 4.69) is 36.4 Å². The number of nitrogens with one attached hydrogen (secondary N) is 1. The van der Waals surface area contributed by atoms with Crippen molar-refractivity contribution >= 4 is 17.7 Å². The predicted molar refractivity (Wildman–Crippen MR) is 142 cm³/mol. The summed E-state index contributed by atoms with van der Waals surface area (Å²) in [5, 5.41) is 16.0. The zero-order chi connectivity index (χ0) is 27.4. The Hall–Kier alpha value is -4.47. The molecule has 1 aliphatic carbocycles. The Bertz CT molecular complexity index is 1360. The van der Waals surface area contributed by atoms with Crippen LogP contribution in [0.3, 0.4) is 0 Å². The highest BCUT2D eigenvalue weighted by Gasteiger charge is 2.38. The number of aryl methyl sites for hydroxylation is 1. The first-order valence-electron chi connectivity index (χ1n) is 13.1. The molecule has 2 aliphatic rings. The molecule has 5 rings (SSSR count). The van der Waals surface area contributed by atoms with Crippen LogP contribution < -0.4 is 25.4 Å². The highest BCUT2D eigenvalue weighted by molar-refractivity contribution is 5.90. The summed E-state index contributed by atoms with van der Waals surface area (Å²) in [5.74, 6) is 1.45. The molecule has 3 aromatic heterocycles. The van der Waals surface area contributed by atoms with Crippen LogP contribution in [0.4, 0.5) is 11.8 Å². The maximum absolute atomic E-state index is 12.5. The van der Waals surface area contributed by atoms with E-state index in [1.54, 1.807) is 17.1 Å². The summed E-state index contributed by atoms with van der Waals surface area (Å²) in [4.78, 5) is 31.9. The standard InChI is InChI=1S/C26H32N10O3/c1-3-29-24(37)23-32-25(34-26(33-23)39-15-19-8-17(19)10-27)36-6-4-16(5-7-36)14-38-21-9-18(11-30-22(21)28)20-12-31-35(2)13-20/h9,11-13,16-17,19H,3-8,14-15H2,1-2H3,(H2,28,30)(H,29,37)/t17-,19+/m0/s1. The number of hydrogen-bond donors (Lipinski definition) is 2. The monoisotopic (exact) mass is 532 g/mol. The van der Waals surface area contributed by atoms with Crippen molar-refractivity contribution in [3.8, 4) is 29.0 Å². The summed E-state index contributed by atoms with van der Waals surface area (Å²) in [6, 6.07) is 4.24. The van der Waals surface area contributed by atoms with Crippen molar-refractivity contribution < 1.29 is 14.3 Å². The van der Waals surface area contributed by atoms with Gasteiger partial charge in [-0.05, 0) is 38.2 Å². The lowest BCUT2D eigenvalue weighted by atomic mass is 9.98. The van der Waals surface area contributed by atoms with Gasteiger partial charge in [-0.15, -0.1) is 0 Å². The molecule has 0 unspecified atom stereocenters. The molecule has 13 heteroatoms. The van der Waals surface area contributed by atoms with E-state index in [0.717, 1.165) is 30.4 Å². The fourth-order valence-corrected chi connectivity index (χ4v) is 4.47. The number of pyridine rings is 1. The van der Waals surface area contributed by atoms with Crippen LogP contribution in [0.1, 0.15) is 36.8 Å². The number of hydrogen-bond acceptors (Lipinski definition) is 11. The Kier molecular flexibility index (Phi) is 7.72.